The smallest absolute Gasteiger partial charge is 0.243 e. The van der Waals surface area contributed by atoms with Crippen LogP contribution in [0.15, 0.2) is 47.4 Å². The van der Waals surface area contributed by atoms with E-state index in [1.165, 1.54) is 30.1 Å². The zero-order chi connectivity index (χ0) is 18.9. The first kappa shape index (κ1) is 18.5. The Morgan fingerprint density at radius 1 is 1.23 bits per heavy atom. The third kappa shape index (κ3) is 3.50. The molecule has 2 aromatic rings. The van der Waals surface area contributed by atoms with Gasteiger partial charge in [-0.3, -0.25) is 4.79 Å². The lowest BCUT2D eigenvalue weighted by Gasteiger charge is -2.31. The number of nitrogens with zero attached hydrogens (tertiary/aromatic N) is 2. The number of carbonyl (C=O) groups excluding carboxylic acids is 1. The van der Waals surface area contributed by atoms with Crippen LogP contribution in [0, 0.1) is 12.7 Å². The van der Waals surface area contributed by atoms with Crippen molar-refractivity contribution in [1.82, 2.24) is 4.31 Å². The lowest BCUT2D eigenvalue weighted by atomic mass is 9.99. The maximum Gasteiger partial charge on any atom is 0.243 e. The molecule has 1 aliphatic rings. The minimum atomic E-state index is -3.77. The van der Waals surface area contributed by atoms with Crippen LogP contribution in [0.25, 0.3) is 0 Å². The fourth-order valence-electron chi connectivity index (χ4n) is 3.22. The number of hydrogen-bond donors (Lipinski definition) is 0. The van der Waals surface area contributed by atoms with Gasteiger partial charge in [-0.25, -0.2) is 12.8 Å². The summed E-state index contributed by atoms with van der Waals surface area (Å²) in [4.78, 5) is 14.2. The van der Waals surface area contributed by atoms with Crippen LogP contribution >= 0.6 is 0 Å². The zero-order valence-electron chi connectivity index (χ0n) is 14.8. The van der Waals surface area contributed by atoms with Crippen molar-refractivity contribution >= 4 is 21.6 Å². The molecule has 0 radical (unpaired) electrons. The van der Waals surface area contributed by atoms with Gasteiger partial charge in [0.1, 0.15) is 5.82 Å². The van der Waals surface area contributed by atoms with E-state index >= 15 is 0 Å². The summed E-state index contributed by atoms with van der Waals surface area (Å²) in [6.45, 7) is 1.85. The molecular formula is C19H21FN2O3S. The van der Waals surface area contributed by atoms with Gasteiger partial charge >= 0.3 is 0 Å². The summed E-state index contributed by atoms with van der Waals surface area (Å²) in [6, 6.07) is 11.2. The molecule has 0 aliphatic carbocycles. The van der Waals surface area contributed by atoms with E-state index in [0.717, 1.165) is 21.9 Å². The van der Waals surface area contributed by atoms with E-state index in [2.05, 4.69) is 0 Å². The number of halogens is 1. The van der Waals surface area contributed by atoms with Crippen molar-refractivity contribution in [1.29, 1.82) is 0 Å². The first-order chi connectivity index (χ1) is 12.3. The Morgan fingerprint density at radius 3 is 2.62 bits per heavy atom. The van der Waals surface area contributed by atoms with Crippen LogP contribution in [0.5, 0.6) is 0 Å². The van der Waals surface area contributed by atoms with Crippen molar-refractivity contribution in [2.45, 2.75) is 24.7 Å². The van der Waals surface area contributed by atoms with Crippen molar-refractivity contribution < 1.29 is 17.6 Å². The summed E-state index contributed by atoms with van der Waals surface area (Å²) in [5.74, 6) is -0.877. The summed E-state index contributed by atoms with van der Waals surface area (Å²) >= 11 is 0. The van der Waals surface area contributed by atoms with E-state index in [-0.39, 0.29) is 17.1 Å². The number of benzene rings is 2. The molecule has 1 heterocycles. The Bertz CT molecular complexity index is 929. The van der Waals surface area contributed by atoms with Crippen molar-refractivity contribution in [2.75, 3.05) is 25.0 Å². The van der Waals surface area contributed by atoms with Gasteiger partial charge in [0, 0.05) is 13.6 Å². The van der Waals surface area contributed by atoms with Gasteiger partial charge in [0.25, 0.3) is 0 Å². The molecule has 26 heavy (non-hydrogen) atoms. The molecular weight excluding hydrogens is 355 g/mol. The van der Waals surface area contributed by atoms with Gasteiger partial charge in [-0.05, 0) is 49.1 Å². The Labute approximate surface area is 153 Å². The third-order valence-electron chi connectivity index (χ3n) is 4.49. The van der Waals surface area contributed by atoms with Gasteiger partial charge in [-0.15, -0.1) is 0 Å². The van der Waals surface area contributed by atoms with E-state index in [1.807, 2.05) is 13.0 Å². The SMILES string of the molecule is Cc1cc(F)c2c(c1)CCCN2C(=O)CN(C)S(=O)(=O)c1ccccc1. The summed E-state index contributed by atoms with van der Waals surface area (Å²) in [6.07, 6.45) is 1.42. The molecule has 1 aliphatic heterocycles. The number of hydrogen-bond acceptors (Lipinski definition) is 3. The Morgan fingerprint density at radius 2 is 1.92 bits per heavy atom. The largest absolute Gasteiger partial charge is 0.308 e. The van der Waals surface area contributed by atoms with E-state index in [1.54, 1.807) is 18.2 Å². The van der Waals surface area contributed by atoms with Crippen LogP contribution in [0.1, 0.15) is 17.5 Å². The fraction of sp³-hybridized carbons (Fsp3) is 0.316. The molecule has 0 atom stereocenters. The molecule has 3 rings (SSSR count). The lowest BCUT2D eigenvalue weighted by Crippen LogP contribution is -2.43. The highest BCUT2D eigenvalue weighted by Gasteiger charge is 2.29. The van der Waals surface area contributed by atoms with Gasteiger partial charge in [-0.2, -0.15) is 4.31 Å². The van der Waals surface area contributed by atoms with Crippen molar-refractivity contribution in [3.8, 4) is 0 Å². The standard InChI is InChI=1S/C19H21FN2O3S/c1-14-11-15-7-6-10-22(19(15)17(20)12-14)18(23)13-21(2)26(24,25)16-8-4-3-5-9-16/h3-5,8-9,11-12H,6-7,10,13H2,1-2H3. The molecule has 0 unspecified atom stereocenters. The first-order valence-corrected chi connectivity index (χ1v) is 9.85. The highest BCUT2D eigenvalue weighted by molar-refractivity contribution is 7.89. The Hall–Kier alpha value is -2.25. The summed E-state index contributed by atoms with van der Waals surface area (Å²) in [5.41, 5.74) is 1.87. The van der Waals surface area contributed by atoms with Gasteiger partial charge in [0.15, 0.2) is 0 Å². The van der Waals surface area contributed by atoms with Crippen LogP contribution in [0.4, 0.5) is 10.1 Å². The Kier molecular flexibility index (Phi) is 5.11. The predicted octanol–water partition coefficient (Wildman–Crippen LogP) is 2.73. The van der Waals surface area contributed by atoms with Crippen molar-refractivity contribution in [3.63, 3.8) is 0 Å². The summed E-state index contributed by atoms with van der Waals surface area (Å²) in [5, 5.41) is 0. The molecule has 7 heteroatoms. The van der Waals surface area contributed by atoms with Gasteiger partial charge in [0.05, 0.1) is 17.1 Å². The molecule has 1 amide bonds. The number of rotatable bonds is 4. The molecule has 0 fully saturated rings. The average molecular weight is 376 g/mol. The molecule has 0 saturated carbocycles. The van der Waals surface area contributed by atoms with Crippen LogP contribution < -0.4 is 4.90 Å². The Balaban J connectivity index is 1.84. The van der Waals surface area contributed by atoms with Gasteiger partial charge in [0.2, 0.25) is 15.9 Å². The summed E-state index contributed by atoms with van der Waals surface area (Å²) in [7, 11) is -2.42. The van der Waals surface area contributed by atoms with E-state index in [0.29, 0.717) is 13.0 Å². The maximum absolute atomic E-state index is 14.5. The molecule has 0 aromatic heterocycles. The average Bonchev–Trinajstić information content (AvgIpc) is 2.61. The zero-order valence-corrected chi connectivity index (χ0v) is 15.6. The number of sulfonamides is 1. The molecule has 0 bridgehead atoms. The highest BCUT2D eigenvalue weighted by Crippen LogP contribution is 2.31. The molecule has 5 nitrogen and oxygen atoms in total. The van der Waals surface area contributed by atoms with Gasteiger partial charge < -0.3 is 4.90 Å². The number of fused-ring (bicyclic) bond motifs is 1. The second kappa shape index (κ2) is 7.17. The van der Waals surface area contributed by atoms with Crippen LogP contribution in [-0.4, -0.2) is 38.8 Å². The summed E-state index contributed by atoms with van der Waals surface area (Å²) < 4.78 is 40.6. The molecule has 0 N–H and O–H groups in total. The minimum absolute atomic E-state index is 0.121. The van der Waals surface area contributed by atoms with Gasteiger partial charge in [-0.1, -0.05) is 24.3 Å². The monoisotopic (exact) mass is 376 g/mol. The van der Waals surface area contributed by atoms with Crippen molar-refractivity contribution in [3.05, 3.63) is 59.4 Å². The second-order valence-corrected chi connectivity index (χ2v) is 8.52. The topological polar surface area (TPSA) is 57.7 Å². The van der Waals surface area contributed by atoms with Crippen molar-refractivity contribution in [2.24, 2.45) is 0 Å². The van der Waals surface area contributed by atoms with E-state index in [9.17, 15) is 17.6 Å². The van der Waals surface area contributed by atoms with E-state index in [4.69, 9.17) is 0 Å². The number of anilines is 1. The van der Waals surface area contributed by atoms with Crippen LogP contribution in [0.2, 0.25) is 0 Å². The minimum Gasteiger partial charge on any atom is -0.308 e. The lowest BCUT2D eigenvalue weighted by molar-refractivity contribution is -0.118. The molecule has 138 valence electrons. The molecule has 0 saturated heterocycles. The fourth-order valence-corrected chi connectivity index (χ4v) is 4.36. The van der Waals surface area contributed by atoms with Crippen LogP contribution in [-0.2, 0) is 21.2 Å². The highest BCUT2D eigenvalue weighted by atomic mass is 32.2. The molecule has 0 spiro atoms. The third-order valence-corrected chi connectivity index (χ3v) is 6.31. The number of amides is 1. The predicted molar refractivity (Wildman–Crippen MR) is 98.1 cm³/mol. The van der Waals surface area contributed by atoms with E-state index < -0.39 is 21.7 Å². The number of aryl methyl sites for hydroxylation is 2. The quantitative estimate of drug-likeness (QED) is 0.824. The number of likely N-dealkylation sites (N-methyl/N-ethyl adjacent to an activating group) is 1. The molecule has 2 aromatic carbocycles. The second-order valence-electron chi connectivity index (χ2n) is 6.48. The number of carbonyl (C=O) groups is 1. The van der Waals surface area contributed by atoms with Crippen LogP contribution in [0.3, 0.4) is 0 Å². The maximum atomic E-state index is 14.5. The normalized spacial score (nSPS) is 14.4. The first-order valence-electron chi connectivity index (χ1n) is 8.41.